The number of benzene rings is 1. The number of nitrogens with one attached hydrogen (secondary N) is 2. The Morgan fingerprint density at radius 1 is 1.25 bits per heavy atom. The number of rotatable bonds is 6. The fourth-order valence-corrected chi connectivity index (χ4v) is 4.43. The standard InChI is InChI=1S/C22H33N3O3/c1-15-10-16(2)13-25(12-15)14-17(3)23-21(26)18-6-4-7-19(11-18)24-22(27)20-8-5-9-28-20/h4,6-7,11,15-17,20H,5,8-10,12-14H2,1-3H3,(H,23,26)(H,24,27). The minimum absolute atomic E-state index is 0.0649. The molecule has 0 saturated carbocycles. The normalized spacial score (nSPS) is 26.6. The lowest BCUT2D eigenvalue weighted by atomic mass is 9.92. The zero-order chi connectivity index (χ0) is 20.1. The molecule has 2 amide bonds. The molecule has 1 aromatic carbocycles. The highest BCUT2D eigenvalue weighted by Crippen LogP contribution is 2.21. The maximum Gasteiger partial charge on any atom is 0.253 e. The molecule has 1 aromatic rings. The average Bonchev–Trinajstić information content (AvgIpc) is 3.15. The Hall–Kier alpha value is -1.92. The first-order valence-corrected chi connectivity index (χ1v) is 10.5. The average molecular weight is 388 g/mol. The van der Waals surface area contributed by atoms with Crippen LogP contribution in [0.15, 0.2) is 24.3 Å². The molecule has 4 atom stereocenters. The van der Waals surface area contributed by atoms with E-state index >= 15 is 0 Å². The van der Waals surface area contributed by atoms with Crippen molar-refractivity contribution >= 4 is 17.5 Å². The molecule has 3 rings (SSSR count). The van der Waals surface area contributed by atoms with Crippen LogP contribution in [0.3, 0.4) is 0 Å². The minimum atomic E-state index is -0.383. The van der Waals surface area contributed by atoms with Gasteiger partial charge in [0.2, 0.25) is 0 Å². The van der Waals surface area contributed by atoms with Crippen molar-refractivity contribution in [2.24, 2.45) is 11.8 Å². The van der Waals surface area contributed by atoms with Crippen LogP contribution in [0.2, 0.25) is 0 Å². The Balaban J connectivity index is 1.52. The Labute approximate surface area is 168 Å². The zero-order valence-corrected chi connectivity index (χ0v) is 17.2. The number of carbonyl (C=O) groups excluding carboxylic acids is 2. The van der Waals surface area contributed by atoms with Crippen LogP contribution in [0.25, 0.3) is 0 Å². The van der Waals surface area contributed by atoms with Gasteiger partial charge in [0.05, 0.1) is 0 Å². The number of nitrogens with zero attached hydrogens (tertiary/aromatic N) is 1. The van der Waals surface area contributed by atoms with Crippen LogP contribution in [0.4, 0.5) is 5.69 Å². The predicted molar refractivity (Wildman–Crippen MR) is 110 cm³/mol. The smallest absolute Gasteiger partial charge is 0.253 e. The zero-order valence-electron chi connectivity index (χ0n) is 17.2. The molecule has 2 aliphatic rings. The maximum atomic E-state index is 12.7. The van der Waals surface area contributed by atoms with Gasteiger partial charge in [-0.3, -0.25) is 9.59 Å². The largest absolute Gasteiger partial charge is 0.368 e. The molecule has 0 radical (unpaired) electrons. The Kier molecular flexibility index (Phi) is 7.08. The first-order valence-electron chi connectivity index (χ1n) is 10.5. The number of ether oxygens (including phenoxy) is 1. The van der Waals surface area contributed by atoms with Crippen LogP contribution in [0, 0.1) is 11.8 Å². The molecule has 2 heterocycles. The van der Waals surface area contributed by atoms with E-state index in [1.165, 1.54) is 6.42 Å². The fourth-order valence-electron chi connectivity index (χ4n) is 4.43. The summed E-state index contributed by atoms with van der Waals surface area (Å²) in [5, 5.41) is 5.95. The quantitative estimate of drug-likeness (QED) is 0.787. The van der Waals surface area contributed by atoms with E-state index in [0.29, 0.717) is 29.7 Å². The molecular weight excluding hydrogens is 354 g/mol. The third kappa shape index (κ3) is 5.79. The van der Waals surface area contributed by atoms with Gasteiger partial charge >= 0.3 is 0 Å². The first-order chi connectivity index (χ1) is 13.4. The van der Waals surface area contributed by atoms with Gasteiger partial charge in [0.15, 0.2) is 0 Å². The monoisotopic (exact) mass is 387 g/mol. The van der Waals surface area contributed by atoms with Crippen LogP contribution >= 0.6 is 0 Å². The summed E-state index contributed by atoms with van der Waals surface area (Å²) in [7, 11) is 0. The molecular formula is C22H33N3O3. The molecule has 2 saturated heterocycles. The van der Waals surface area contributed by atoms with E-state index in [9.17, 15) is 9.59 Å². The van der Waals surface area contributed by atoms with Crippen molar-refractivity contribution in [2.45, 2.75) is 52.2 Å². The van der Waals surface area contributed by atoms with Crippen molar-refractivity contribution < 1.29 is 14.3 Å². The third-order valence-corrected chi connectivity index (χ3v) is 5.47. The van der Waals surface area contributed by atoms with E-state index in [0.717, 1.165) is 32.5 Å². The van der Waals surface area contributed by atoms with Crippen molar-refractivity contribution in [2.75, 3.05) is 31.6 Å². The Morgan fingerprint density at radius 2 is 2.00 bits per heavy atom. The van der Waals surface area contributed by atoms with Gasteiger partial charge in [0.1, 0.15) is 6.10 Å². The van der Waals surface area contributed by atoms with Gasteiger partial charge < -0.3 is 20.3 Å². The summed E-state index contributed by atoms with van der Waals surface area (Å²) in [4.78, 5) is 27.3. The lowest BCUT2D eigenvalue weighted by Crippen LogP contribution is -2.47. The summed E-state index contributed by atoms with van der Waals surface area (Å²) in [6.45, 7) is 10.3. The lowest BCUT2D eigenvalue weighted by molar-refractivity contribution is -0.124. The molecule has 0 aromatic heterocycles. The fraction of sp³-hybridized carbons (Fsp3) is 0.636. The van der Waals surface area contributed by atoms with Crippen molar-refractivity contribution in [3.63, 3.8) is 0 Å². The van der Waals surface area contributed by atoms with Crippen molar-refractivity contribution in [1.29, 1.82) is 0 Å². The number of piperidine rings is 1. The van der Waals surface area contributed by atoms with E-state index in [-0.39, 0.29) is 24.0 Å². The van der Waals surface area contributed by atoms with Gasteiger partial charge in [0.25, 0.3) is 11.8 Å². The van der Waals surface area contributed by atoms with Crippen LogP contribution < -0.4 is 10.6 Å². The number of amides is 2. The third-order valence-electron chi connectivity index (χ3n) is 5.47. The molecule has 0 spiro atoms. The summed E-state index contributed by atoms with van der Waals surface area (Å²) in [6.07, 6.45) is 2.55. The van der Waals surface area contributed by atoms with Gasteiger partial charge in [-0.2, -0.15) is 0 Å². The van der Waals surface area contributed by atoms with E-state index in [4.69, 9.17) is 4.74 Å². The molecule has 154 valence electrons. The van der Waals surface area contributed by atoms with Crippen LogP contribution in [-0.2, 0) is 9.53 Å². The van der Waals surface area contributed by atoms with E-state index < -0.39 is 0 Å². The van der Waals surface area contributed by atoms with Gasteiger partial charge in [-0.15, -0.1) is 0 Å². The number of carbonyl (C=O) groups is 2. The second kappa shape index (κ2) is 9.52. The second-order valence-electron chi connectivity index (χ2n) is 8.61. The molecule has 0 aliphatic carbocycles. The van der Waals surface area contributed by atoms with Crippen molar-refractivity contribution in [3.8, 4) is 0 Å². The predicted octanol–water partition coefficient (Wildman–Crippen LogP) is 2.90. The van der Waals surface area contributed by atoms with E-state index in [1.54, 1.807) is 24.3 Å². The number of anilines is 1. The van der Waals surface area contributed by atoms with Gasteiger partial charge in [-0.25, -0.2) is 0 Å². The molecule has 4 unspecified atom stereocenters. The summed E-state index contributed by atoms with van der Waals surface area (Å²) < 4.78 is 5.41. The Bertz CT molecular complexity index is 677. The summed E-state index contributed by atoms with van der Waals surface area (Å²) in [5.74, 6) is 1.15. The highest BCUT2D eigenvalue weighted by atomic mass is 16.5. The summed E-state index contributed by atoms with van der Waals surface area (Å²) in [6, 6.07) is 7.15. The molecule has 2 fully saturated rings. The topological polar surface area (TPSA) is 70.7 Å². The highest BCUT2D eigenvalue weighted by Gasteiger charge is 2.25. The summed E-state index contributed by atoms with van der Waals surface area (Å²) in [5.41, 5.74) is 1.18. The lowest BCUT2D eigenvalue weighted by Gasteiger charge is -2.36. The second-order valence-corrected chi connectivity index (χ2v) is 8.61. The van der Waals surface area contributed by atoms with Crippen LogP contribution in [-0.4, -0.2) is 55.1 Å². The Morgan fingerprint density at radius 3 is 2.68 bits per heavy atom. The number of hydrogen-bond acceptors (Lipinski definition) is 4. The molecule has 0 bridgehead atoms. The maximum absolute atomic E-state index is 12.7. The van der Waals surface area contributed by atoms with Gasteiger partial charge in [0, 0.05) is 43.5 Å². The molecule has 6 nitrogen and oxygen atoms in total. The van der Waals surface area contributed by atoms with Gasteiger partial charge in [-0.05, 0) is 56.2 Å². The SMILES string of the molecule is CC1CC(C)CN(CC(C)NC(=O)c2cccc(NC(=O)C3CCCO3)c2)C1. The summed E-state index contributed by atoms with van der Waals surface area (Å²) >= 11 is 0. The first kappa shape index (κ1) is 20.8. The molecule has 2 aliphatic heterocycles. The van der Waals surface area contributed by atoms with E-state index in [2.05, 4.69) is 29.4 Å². The minimum Gasteiger partial charge on any atom is -0.368 e. The molecule has 2 N–H and O–H groups in total. The van der Waals surface area contributed by atoms with Gasteiger partial charge in [-0.1, -0.05) is 19.9 Å². The van der Waals surface area contributed by atoms with Crippen LogP contribution in [0.1, 0.15) is 50.4 Å². The number of hydrogen-bond donors (Lipinski definition) is 2. The van der Waals surface area contributed by atoms with E-state index in [1.807, 2.05) is 6.92 Å². The molecule has 6 heteroatoms. The number of likely N-dealkylation sites (tertiary alicyclic amines) is 1. The van der Waals surface area contributed by atoms with Crippen LogP contribution in [0.5, 0.6) is 0 Å². The highest BCUT2D eigenvalue weighted by molar-refractivity contribution is 5.98. The van der Waals surface area contributed by atoms with Crippen molar-refractivity contribution in [1.82, 2.24) is 10.2 Å². The molecule has 28 heavy (non-hydrogen) atoms. The van der Waals surface area contributed by atoms with Crippen molar-refractivity contribution in [3.05, 3.63) is 29.8 Å².